The molecule has 22 heavy (non-hydrogen) atoms. The van der Waals surface area contributed by atoms with Gasteiger partial charge in [0, 0.05) is 6.54 Å². The van der Waals surface area contributed by atoms with E-state index in [-0.39, 0.29) is 5.25 Å². The van der Waals surface area contributed by atoms with Crippen LogP contribution in [0.15, 0.2) is 65.7 Å². The maximum Gasteiger partial charge on any atom is 0.154 e. The fraction of sp³-hybridized carbons (Fsp3) is 0.316. The second kappa shape index (κ2) is 8.64. The van der Waals surface area contributed by atoms with Crippen molar-refractivity contribution in [3.63, 3.8) is 0 Å². The standard InChI is InChI=1S/C19H24N2S/c1-15(2)13-14-21-19(20)22-18(16-9-5-3-6-10-16)17-11-7-4-8-12-17/h3-12,15,18H,13-14H2,1-2H3,(H2,20,21). The van der Waals surface area contributed by atoms with E-state index >= 15 is 0 Å². The first-order chi connectivity index (χ1) is 10.7. The lowest BCUT2D eigenvalue weighted by Crippen LogP contribution is -2.11. The van der Waals surface area contributed by atoms with Crippen LogP contribution in [0.2, 0.25) is 0 Å². The summed E-state index contributed by atoms with van der Waals surface area (Å²) in [5.74, 6) is 0.653. The molecule has 3 heteroatoms. The van der Waals surface area contributed by atoms with Crippen LogP contribution < -0.4 is 5.73 Å². The average molecular weight is 312 g/mol. The van der Waals surface area contributed by atoms with Crippen molar-refractivity contribution in [3.8, 4) is 0 Å². The van der Waals surface area contributed by atoms with Gasteiger partial charge >= 0.3 is 0 Å². The zero-order valence-corrected chi connectivity index (χ0v) is 14.1. The lowest BCUT2D eigenvalue weighted by atomic mass is 10.0. The third-order valence-corrected chi connectivity index (χ3v) is 4.57. The minimum atomic E-state index is 0.185. The van der Waals surface area contributed by atoms with E-state index in [1.165, 1.54) is 11.1 Å². The van der Waals surface area contributed by atoms with Gasteiger partial charge < -0.3 is 5.73 Å². The Kier molecular flexibility index (Phi) is 6.53. The number of aliphatic imine (C=N–C) groups is 1. The Labute approximate surface area is 137 Å². The molecule has 0 amide bonds. The van der Waals surface area contributed by atoms with Gasteiger partial charge in [0.2, 0.25) is 0 Å². The molecular weight excluding hydrogens is 288 g/mol. The van der Waals surface area contributed by atoms with Crippen LogP contribution in [0.1, 0.15) is 36.6 Å². The maximum atomic E-state index is 6.15. The Morgan fingerprint density at radius 3 is 1.91 bits per heavy atom. The van der Waals surface area contributed by atoms with Crippen molar-refractivity contribution in [1.82, 2.24) is 0 Å². The molecule has 0 atom stereocenters. The number of rotatable bonds is 6. The molecule has 0 bridgehead atoms. The Hall–Kier alpha value is -1.74. The highest BCUT2D eigenvalue weighted by molar-refractivity contribution is 8.14. The first-order valence-corrected chi connectivity index (χ1v) is 8.61. The number of amidine groups is 1. The molecule has 2 aromatic rings. The van der Waals surface area contributed by atoms with Crippen LogP contribution in [0.3, 0.4) is 0 Å². The van der Waals surface area contributed by atoms with E-state index < -0.39 is 0 Å². The van der Waals surface area contributed by atoms with Crippen LogP contribution in [0.4, 0.5) is 0 Å². The number of benzene rings is 2. The third kappa shape index (κ3) is 5.23. The molecule has 0 aliphatic carbocycles. The van der Waals surface area contributed by atoms with Gasteiger partial charge in [-0.2, -0.15) is 0 Å². The van der Waals surface area contributed by atoms with Crippen molar-refractivity contribution in [2.75, 3.05) is 6.54 Å². The molecule has 0 heterocycles. The predicted octanol–water partition coefficient (Wildman–Crippen LogP) is 4.87. The fourth-order valence-electron chi connectivity index (χ4n) is 2.18. The number of thioether (sulfide) groups is 1. The first-order valence-electron chi connectivity index (χ1n) is 7.73. The molecule has 2 rings (SSSR count). The molecule has 0 saturated heterocycles. The highest BCUT2D eigenvalue weighted by atomic mass is 32.2. The summed E-state index contributed by atoms with van der Waals surface area (Å²) in [6.07, 6.45) is 1.07. The molecule has 0 radical (unpaired) electrons. The number of nitrogens with two attached hydrogens (primary N) is 1. The van der Waals surface area contributed by atoms with E-state index in [2.05, 4.69) is 67.4 Å². The summed E-state index contributed by atoms with van der Waals surface area (Å²) in [5, 5.41) is 0.851. The minimum absolute atomic E-state index is 0.185. The van der Waals surface area contributed by atoms with Crippen molar-refractivity contribution in [2.24, 2.45) is 16.6 Å². The zero-order chi connectivity index (χ0) is 15.8. The van der Waals surface area contributed by atoms with Crippen molar-refractivity contribution in [3.05, 3.63) is 71.8 Å². The molecule has 2 nitrogen and oxygen atoms in total. The second-order valence-corrected chi connectivity index (χ2v) is 6.85. The predicted molar refractivity (Wildman–Crippen MR) is 98.3 cm³/mol. The lowest BCUT2D eigenvalue weighted by molar-refractivity contribution is 0.597. The quantitative estimate of drug-likeness (QED) is 0.610. The van der Waals surface area contributed by atoms with Gasteiger partial charge in [-0.3, -0.25) is 4.99 Å². The summed E-state index contributed by atoms with van der Waals surface area (Å²) in [6.45, 7) is 5.21. The Bertz CT molecular complexity index is 539. The summed E-state index contributed by atoms with van der Waals surface area (Å²) in [4.78, 5) is 4.51. The van der Waals surface area contributed by atoms with Gasteiger partial charge in [-0.05, 0) is 23.5 Å². The molecule has 2 aromatic carbocycles. The van der Waals surface area contributed by atoms with Crippen LogP contribution in [-0.4, -0.2) is 11.7 Å². The average Bonchev–Trinajstić information content (AvgIpc) is 2.54. The second-order valence-electron chi connectivity index (χ2n) is 5.72. The highest BCUT2D eigenvalue weighted by Gasteiger charge is 2.16. The van der Waals surface area contributed by atoms with E-state index in [9.17, 15) is 0 Å². The van der Waals surface area contributed by atoms with Crippen LogP contribution in [0.25, 0.3) is 0 Å². The van der Waals surface area contributed by atoms with Gasteiger partial charge in [0.25, 0.3) is 0 Å². The van der Waals surface area contributed by atoms with Crippen molar-refractivity contribution < 1.29 is 0 Å². The smallest absolute Gasteiger partial charge is 0.154 e. The van der Waals surface area contributed by atoms with Gasteiger partial charge in [-0.15, -0.1) is 0 Å². The third-order valence-electron chi connectivity index (χ3n) is 3.42. The van der Waals surface area contributed by atoms with E-state index in [1.54, 1.807) is 11.8 Å². The Balaban J connectivity index is 2.16. The molecule has 0 fully saturated rings. The van der Waals surface area contributed by atoms with Crippen LogP contribution in [0.5, 0.6) is 0 Å². The number of nitrogens with zero attached hydrogens (tertiary/aromatic N) is 1. The molecule has 116 valence electrons. The van der Waals surface area contributed by atoms with E-state index in [0.29, 0.717) is 11.1 Å². The summed E-state index contributed by atoms with van der Waals surface area (Å²) < 4.78 is 0. The van der Waals surface area contributed by atoms with Gasteiger partial charge in [-0.1, -0.05) is 86.3 Å². The van der Waals surface area contributed by atoms with Gasteiger partial charge in [0.1, 0.15) is 0 Å². The van der Waals surface area contributed by atoms with Crippen molar-refractivity contribution >= 4 is 16.9 Å². The summed E-state index contributed by atoms with van der Waals surface area (Å²) in [5.41, 5.74) is 8.65. The fourth-order valence-corrected chi connectivity index (χ4v) is 3.17. The van der Waals surface area contributed by atoms with Crippen molar-refractivity contribution in [1.29, 1.82) is 0 Å². The molecule has 2 N–H and O–H groups in total. The van der Waals surface area contributed by atoms with Gasteiger partial charge in [0.15, 0.2) is 5.17 Å². The molecule has 0 spiro atoms. The molecule has 0 aliphatic heterocycles. The van der Waals surface area contributed by atoms with E-state index in [4.69, 9.17) is 5.73 Å². The molecule has 0 aliphatic rings. The Morgan fingerprint density at radius 1 is 0.955 bits per heavy atom. The zero-order valence-electron chi connectivity index (χ0n) is 13.3. The van der Waals surface area contributed by atoms with Crippen LogP contribution >= 0.6 is 11.8 Å². The largest absolute Gasteiger partial charge is 0.379 e. The summed E-state index contributed by atoms with van der Waals surface area (Å²) in [6, 6.07) is 20.9. The topological polar surface area (TPSA) is 38.4 Å². The summed E-state index contributed by atoms with van der Waals surface area (Å²) >= 11 is 1.63. The van der Waals surface area contributed by atoms with Crippen molar-refractivity contribution in [2.45, 2.75) is 25.5 Å². The van der Waals surface area contributed by atoms with Crippen LogP contribution in [-0.2, 0) is 0 Å². The monoisotopic (exact) mass is 312 g/mol. The van der Waals surface area contributed by atoms with E-state index in [0.717, 1.165) is 13.0 Å². The minimum Gasteiger partial charge on any atom is -0.379 e. The Morgan fingerprint density at radius 2 is 1.45 bits per heavy atom. The summed E-state index contributed by atoms with van der Waals surface area (Å²) in [7, 11) is 0. The molecular formula is C19H24N2S. The van der Waals surface area contributed by atoms with Gasteiger partial charge in [0.05, 0.1) is 5.25 Å². The highest BCUT2D eigenvalue weighted by Crippen LogP contribution is 2.35. The van der Waals surface area contributed by atoms with Gasteiger partial charge in [-0.25, -0.2) is 0 Å². The van der Waals surface area contributed by atoms with Crippen LogP contribution in [0, 0.1) is 5.92 Å². The molecule has 0 unspecified atom stereocenters. The van der Waals surface area contributed by atoms with E-state index in [1.807, 2.05) is 12.1 Å². The number of hydrogen-bond donors (Lipinski definition) is 1. The maximum absolute atomic E-state index is 6.15. The molecule has 0 aromatic heterocycles. The SMILES string of the molecule is CC(C)CCN=C(N)SC(c1ccccc1)c1ccccc1. The normalized spacial score (nSPS) is 12.1. The first kappa shape index (κ1) is 16.6. The molecule has 0 saturated carbocycles. The lowest BCUT2D eigenvalue weighted by Gasteiger charge is -2.17. The number of hydrogen-bond acceptors (Lipinski definition) is 2.